The number of hydrogen-bond donors (Lipinski definition) is 1. The molecule has 112 valence electrons. The lowest BCUT2D eigenvalue weighted by molar-refractivity contribution is 0.195. The minimum Gasteiger partial charge on any atom is -0.457 e. The molecule has 0 radical (unpaired) electrons. The predicted molar refractivity (Wildman–Crippen MR) is 82.2 cm³/mol. The summed E-state index contributed by atoms with van der Waals surface area (Å²) in [6.07, 6.45) is -0.787. The monoisotopic (exact) mass is 288 g/mol. The van der Waals surface area contributed by atoms with Crippen molar-refractivity contribution < 1.29 is 14.2 Å². The second-order valence-corrected chi connectivity index (χ2v) is 6.23. The van der Waals surface area contributed by atoms with E-state index in [0.29, 0.717) is 17.1 Å². The van der Waals surface area contributed by atoms with Crippen LogP contribution in [0.2, 0.25) is 0 Å². The highest BCUT2D eigenvalue weighted by Gasteiger charge is 2.14. The van der Waals surface area contributed by atoms with Gasteiger partial charge in [-0.2, -0.15) is 0 Å². The maximum atomic E-state index is 13.3. The summed E-state index contributed by atoms with van der Waals surface area (Å²) in [6.45, 7) is 8.03. The average molecular weight is 288 g/mol. The van der Waals surface area contributed by atoms with Crippen LogP contribution in [0.4, 0.5) is 4.39 Å². The van der Waals surface area contributed by atoms with Crippen LogP contribution in [0.3, 0.4) is 0 Å². The highest BCUT2D eigenvalue weighted by molar-refractivity contribution is 5.40. The SMILES string of the molecule is C[C@H](O)c1cc(F)ccc1Oc1ccc(C(C)(C)C)cc1. The maximum Gasteiger partial charge on any atom is 0.133 e. The molecule has 0 spiro atoms. The first-order valence-corrected chi connectivity index (χ1v) is 7.03. The number of rotatable bonds is 3. The van der Waals surface area contributed by atoms with Crippen LogP contribution >= 0.6 is 0 Å². The van der Waals surface area contributed by atoms with Gasteiger partial charge in [0.25, 0.3) is 0 Å². The van der Waals surface area contributed by atoms with E-state index >= 15 is 0 Å². The molecule has 0 saturated heterocycles. The zero-order valence-electron chi connectivity index (χ0n) is 12.9. The third-order valence-electron chi connectivity index (χ3n) is 3.37. The van der Waals surface area contributed by atoms with Gasteiger partial charge in [0.15, 0.2) is 0 Å². The molecule has 2 rings (SSSR count). The summed E-state index contributed by atoms with van der Waals surface area (Å²) in [5, 5.41) is 9.71. The molecule has 0 fully saturated rings. The van der Waals surface area contributed by atoms with Crippen molar-refractivity contribution in [2.24, 2.45) is 0 Å². The van der Waals surface area contributed by atoms with Gasteiger partial charge in [0.2, 0.25) is 0 Å². The highest BCUT2D eigenvalue weighted by Crippen LogP contribution is 2.31. The molecule has 0 aromatic heterocycles. The third-order valence-corrected chi connectivity index (χ3v) is 3.37. The van der Waals surface area contributed by atoms with Gasteiger partial charge in [-0.3, -0.25) is 0 Å². The molecule has 2 nitrogen and oxygen atoms in total. The van der Waals surface area contributed by atoms with Crippen LogP contribution in [0.15, 0.2) is 42.5 Å². The Bertz CT molecular complexity index is 610. The van der Waals surface area contributed by atoms with E-state index in [2.05, 4.69) is 20.8 Å². The van der Waals surface area contributed by atoms with Gasteiger partial charge in [-0.25, -0.2) is 4.39 Å². The molecule has 3 heteroatoms. The van der Waals surface area contributed by atoms with Gasteiger partial charge in [0.05, 0.1) is 6.10 Å². The molecule has 2 aromatic rings. The predicted octanol–water partition coefficient (Wildman–Crippen LogP) is 4.97. The Morgan fingerprint density at radius 2 is 1.67 bits per heavy atom. The van der Waals surface area contributed by atoms with E-state index in [9.17, 15) is 9.50 Å². The Kier molecular flexibility index (Phi) is 4.33. The zero-order chi connectivity index (χ0) is 15.6. The Balaban J connectivity index is 2.26. The van der Waals surface area contributed by atoms with E-state index in [0.717, 1.165) is 0 Å². The quantitative estimate of drug-likeness (QED) is 0.864. The molecular formula is C18H21FO2. The van der Waals surface area contributed by atoms with Crippen molar-refractivity contribution in [1.82, 2.24) is 0 Å². The van der Waals surface area contributed by atoms with Crippen LogP contribution in [0, 0.1) is 5.82 Å². The van der Waals surface area contributed by atoms with E-state index < -0.39 is 6.10 Å². The van der Waals surface area contributed by atoms with Crippen molar-refractivity contribution in [2.45, 2.75) is 39.2 Å². The number of benzene rings is 2. The van der Waals surface area contributed by atoms with Gasteiger partial charge in [-0.05, 0) is 48.2 Å². The van der Waals surface area contributed by atoms with Crippen LogP contribution in [0.5, 0.6) is 11.5 Å². The van der Waals surface area contributed by atoms with Crippen LogP contribution in [-0.2, 0) is 5.41 Å². The van der Waals surface area contributed by atoms with Crippen LogP contribution < -0.4 is 4.74 Å². The lowest BCUT2D eigenvalue weighted by Gasteiger charge is -2.19. The van der Waals surface area contributed by atoms with Gasteiger partial charge in [0.1, 0.15) is 17.3 Å². The molecule has 0 amide bonds. The second-order valence-electron chi connectivity index (χ2n) is 6.23. The summed E-state index contributed by atoms with van der Waals surface area (Å²) in [4.78, 5) is 0. The zero-order valence-corrected chi connectivity index (χ0v) is 12.9. The first kappa shape index (κ1) is 15.5. The molecule has 1 N–H and O–H groups in total. The fraction of sp³-hybridized carbons (Fsp3) is 0.333. The van der Waals surface area contributed by atoms with Gasteiger partial charge in [0, 0.05) is 5.56 Å². The van der Waals surface area contributed by atoms with Gasteiger partial charge >= 0.3 is 0 Å². The molecular weight excluding hydrogens is 267 g/mol. The van der Waals surface area contributed by atoms with Crippen molar-refractivity contribution in [3.8, 4) is 11.5 Å². The summed E-state index contributed by atoms with van der Waals surface area (Å²) in [5.74, 6) is 0.743. The smallest absolute Gasteiger partial charge is 0.133 e. The topological polar surface area (TPSA) is 29.5 Å². The number of halogens is 1. The summed E-state index contributed by atoms with van der Waals surface area (Å²) >= 11 is 0. The largest absolute Gasteiger partial charge is 0.457 e. The fourth-order valence-electron chi connectivity index (χ4n) is 2.09. The van der Waals surface area contributed by atoms with E-state index in [1.54, 1.807) is 6.92 Å². The first-order valence-electron chi connectivity index (χ1n) is 7.03. The van der Waals surface area contributed by atoms with Crippen LogP contribution in [0.25, 0.3) is 0 Å². The molecule has 0 aliphatic carbocycles. The first-order chi connectivity index (χ1) is 9.77. The van der Waals surface area contributed by atoms with E-state index in [-0.39, 0.29) is 11.2 Å². The Labute approximate surface area is 125 Å². The fourth-order valence-corrected chi connectivity index (χ4v) is 2.09. The third kappa shape index (κ3) is 3.82. The Morgan fingerprint density at radius 1 is 1.05 bits per heavy atom. The molecule has 0 saturated carbocycles. The van der Waals surface area contributed by atoms with Crippen molar-refractivity contribution in [3.05, 3.63) is 59.4 Å². The van der Waals surface area contributed by atoms with E-state index in [1.807, 2.05) is 24.3 Å². The Hall–Kier alpha value is -1.87. The number of ether oxygens (including phenoxy) is 1. The summed E-state index contributed by atoms with van der Waals surface area (Å²) < 4.78 is 19.0. The molecule has 2 aromatic carbocycles. The number of hydrogen-bond acceptors (Lipinski definition) is 2. The minimum absolute atomic E-state index is 0.0825. The molecule has 0 heterocycles. The number of aliphatic hydroxyl groups excluding tert-OH is 1. The summed E-state index contributed by atoms with van der Waals surface area (Å²) in [6, 6.07) is 12.0. The highest BCUT2D eigenvalue weighted by atomic mass is 19.1. The normalized spacial score (nSPS) is 13.0. The molecule has 0 aliphatic heterocycles. The van der Waals surface area contributed by atoms with Crippen LogP contribution in [-0.4, -0.2) is 5.11 Å². The van der Waals surface area contributed by atoms with Crippen molar-refractivity contribution >= 4 is 0 Å². The summed E-state index contributed by atoms with van der Waals surface area (Å²) in [7, 11) is 0. The minimum atomic E-state index is -0.787. The maximum absolute atomic E-state index is 13.3. The lowest BCUT2D eigenvalue weighted by Crippen LogP contribution is -2.10. The van der Waals surface area contributed by atoms with Crippen molar-refractivity contribution in [2.75, 3.05) is 0 Å². The molecule has 1 atom stereocenters. The molecule has 0 unspecified atom stereocenters. The van der Waals surface area contributed by atoms with Gasteiger partial charge in [-0.1, -0.05) is 32.9 Å². The van der Waals surface area contributed by atoms with Crippen molar-refractivity contribution in [3.63, 3.8) is 0 Å². The van der Waals surface area contributed by atoms with E-state index in [4.69, 9.17) is 4.74 Å². The Morgan fingerprint density at radius 3 is 2.19 bits per heavy atom. The molecule has 0 aliphatic rings. The second kappa shape index (κ2) is 5.86. The van der Waals surface area contributed by atoms with Gasteiger partial charge < -0.3 is 9.84 Å². The van der Waals surface area contributed by atoms with Crippen LogP contribution in [0.1, 0.15) is 44.9 Å². The van der Waals surface area contributed by atoms with E-state index in [1.165, 1.54) is 23.8 Å². The standard InChI is InChI=1S/C18H21FO2/c1-12(20)16-11-14(19)7-10-17(16)21-15-8-5-13(6-9-15)18(2,3)4/h5-12,20H,1-4H3/t12-/m0/s1. The van der Waals surface area contributed by atoms with Crippen molar-refractivity contribution in [1.29, 1.82) is 0 Å². The van der Waals surface area contributed by atoms with Gasteiger partial charge in [-0.15, -0.1) is 0 Å². The average Bonchev–Trinajstić information content (AvgIpc) is 2.40. The lowest BCUT2D eigenvalue weighted by atomic mass is 9.87. The number of aliphatic hydroxyl groups is 1. The molecule has 21 heavy (non-hydrogen) atoms. The molecule has 0 bridgehead atoms. The summed E-state index contributed by atoms with van der Waals surface area (Å²) in [5.41, 5.74) is 1.73.